The lowest BCUT2D eigenvalue weighted by molar-refractivity contribution is -0.126. The number of hydrogen-bond acceptors (Lipinski definition) is 4. The van der Waals surface area contributed by atoms with Crippen molar-refractivity contribution in [3.05, 3.63) is 42.4 Å². The van der Waals surface area contributed by atoms with Gasteiger partial charge in [0.25, 0.3) is 5.91 Å². The summed E-state index contributed by atoms with van der Waals surface area (Å²) in [7, 11) is 0. The summed E-state index contributed by atoms with van der Waals surface area (Å²) < 4.78 is 5.54. The molecular formula is C19H25N3O2. The largest absolute Gasteiger partial charge is 0.369 e. The van der Waals surface area contributed by atoms with E-state index in [2.05, 4.69) is 29.1 Å². The highest BCUT2D eigenvalue weighted by molar-refractivity contribution is 5.93. The van der Waals surface area contributed by atoms with E-state index in [0.717, 1.165) is 23.2 Å². The van der Waals surface area contributed by atoms with Crippen LogP contribution in [0.5, 0.6) is 0 Å². The topological polar surface area (TPSA) is 64.1 Å². The van der Waals surface area contributed by atoms with Crippen molar-refractivity contribution in [1.82, 2.24) is 9.97 Å². The van der Waals surface area contributed by atoms with Crippen LogP contribution in [-0.4, -0.2) is 28.6 Å². The molecular weight excluding hydrogens is 302 g/mol. The number of rotatable bonds is 7. The molecule has 5 nitrogen and oxygen atoms in total. The van der Waals surface area contributed by atoms with Crippen molar-refractivity contribution in [3.8, 4) is 11.1 Å². The minimum atomic E-state index is -0.494. The van der Waals surface area contributed by atoms with Gasteiger partial charge in [-0.15, -0.1) is 0 Å². The Hall–Kier alpha value is -2.27. The summed E-state index contributed by atoms with van der Waals surface area (Å²) in [5, 5.41) is 2.78. The molecule has 1 N–H and O–H groups in total. The van der Waals surface area contributed by atoms with E-state index >= 15 is 0 Å². The molecule has 0 saturated carbocycles. The molecule has 2 aromatic heterocycles. The Morgan fingerprint density at radius 2 is 1.75 bits per heavy atom. The molecule has 128 valence electrons. The highest BCUT2D eigenvalue weighted by Gasteiger charge is 2.14. The number of hydrogen-bond donors (Lipinski definition) is 1. The molecule has 2 aromatic rings. The molecule has 0 saturated heterocycles. The first kappa shape index (κ1) is 18.1. The lowest BCUT2D eigenvalue weighted by Gasteiger charge is -2.14. The molecule has 1 amide bonds. The number of carbonyl (C=O) groups is 1. The van der Waals surface area contributed by atoms with Gasteiger partial charge in [-0.25, -0.2) is 4.98 Å². The van der Waals surface area contributed by atoms with E-state index in [4.69, 9.17) is 4.74 Å². The molecule has 0 aliphatic carbocycles. The summed E-state index contributed by atoms with van der Waals surface area (Å²) in [6.07, 6.45) is 3.99. The molecule has 24 heavy (non-hydrogen) atoms. The predicted molar refractivity (Wildman–Crippen MR) is 95.7 cm³/mol. The van der Waals surface area contributed by atoms with Crippen molar-refractivity contribution in [3.63, 3.8) is 0 Å². The lowest BCUT2D eigenvalue weighted by Crippen LogP contribution is -2.28. The summed E-state index contributed by atoms with van der Waals surface area (Å²) in [6.45, 7) is 8.54. The van der Waals surface area contributed by atoms with Crippen LogP contribution in [0.4, 0.5) is 5.82 Å². The van der Waals surface area contributed by atoms with Crippen LogP contribution in [-0.2, 0) is 9.53 Å². The summed E-state index contributed by atoms with van der Waals surface area (Å²) in [6, 6.07) is 7.66. The van der Waals surface area contributed by atoms with Gasteiger partial charge in [0.15, 0.2) is 0 Å². The Labute approximate surface area is 143 Å². The van der Waals surface area contributed by atoms with E-state index in [9.17, 15) is 4.79 Å². The molecule has 0 aliphatic heterocycles. The highest BCUT2D eigenvalue weighted by atomic mass is 16.5. The Morgan fingerprint density at radius 3 is 2.29 bits per heavy atom. The van der Waals surface area contributed by atoms with E-state index in [0.29, 0.717) is 18.3 Å². The molecule has 1 unspecified atom stereocenters. The fourth-order valence-electron chi connectivity index (χ4n) is 2.06. The number of aromatic nitrogens is 2. The molecule has 5 heteroatoms. The number of ether oxygens (including phenoxy) is 1. The van der Waals surface area contributed by atoms with Crippen LogP contribution in [0.3, 0.4) is 0 Å². The Balaban J connectivity index is 1.91. The zero-order valence-corrected chi connectivity index (χ0v) is 14.7. The number of amides is 1. The summed E-state index contributed by atoms with van der Waals surface area (Å²) in [5.74, 6) is 0.893. The van der Waals surface area contributed by atoms with Crippen molar-refractivity contribution in [2.24, 2.45) is 5.92 Å². The zero-order chi connectivity index (χ0) is 17.5. The van der Waals surface area contributed by atoms with Crippen LogP contribution >= 0.6 is 0 Å². The van der Waals surface area contributed by atoms with E-state index in [1.54, 1.807) is 19.2 Å². The molecule has 2 heterocycles. The number of carbonyl (C=O) groups excluding carboxylic acids is 1. The van der Waals surface area contributed by atoms with Gasteiger partial charge in [0.05, 0.1) is 0 Å². The second kappa shape index (κ2) is 8.55. The van der Waals surface area contributed by atoms with Crippen LogP contribution < -0.4 is 5.32 Å². The molecule has 0 spiro atoms. The van der Waals surface area contributed by atoms with Gasteiger partial charge in [0.1, 0.15) is 11.9 Å². The van der Waals surface area contributed by atoms with Gasteiger partial charge < -0.3 is 10.1 Å². The average Bonchev–Trinajstić information content (AvgIpc) is 2.56. The van der Waals surface area contributed by atoms with E-state index in [1.807, 2.05) is 31.3 Å². The van der Waals surface area contributed by atoms with Gasteiger partial charge in [0, 0.05) is 35.8 Å². The quantitative estimate of drug-likeness (QED) is 0.839. The molecule has 0 fully saturated rings. The predicted octanol–water partition coefficient (Wildman–Crippen LogP) is 3.84. The Kier molecular flexibility index (Phi) is 6.44. The zero-order valence-electron chi connectivity index (χ0n) is 14.7. The maximum atomic E-state index is 12.1. The van der Waals surface area contributed by atoms with Crippen molar-refractivity contribution in [1.29, 1.82) is 0 Å². The summed E-state index contributed by atoms with van der Waals surface area (Å²) in [4.78, 5) is 20.7. The van der Waals surface area contributed by atoms with Crippen LogP contribution in [0, 0.1) is 12.8 Å². The van der Waals surface area contributed by atoms with Gasteiger partial charge in [-0.1, -0.05) is 19.9 Å². The molecule has 0 bridgehead atoms. The SMILES string of the molecule is Cc1ccc(-c2ccc(NC(=O)C(C)OCCC(C)C)nc2)cn1. The van der Waals surface area contributed by atoms with Gasteiger partial charge in [-0.2, -0.15) is 0 Å². The smallest absolute Gasteiger partial charge is 0.254 e. The van der Waals surface area contributed by atoms with E-state index in [1.165, 1.54) is 0 Å². The van der Waals surface area contributed by atoms with Crippen molar-refractivity contribution >= 4 is 11.7 Å². The van der Waals surface area contributed by atoms with Gasteiger partial charge in [-0.05, 0) is 44.4 Å². The normalized spacial score (nSPS) is 12.2. The van der Waals surface area contributed by atoms with Crippen molar-refractivity contribution < 1.29 is 9.53 Å². The van der Waals surface area contributed by atoms with Crippen LogP contribution in [0.1, 0.15) is 32.9 Å². The average molecular weight is 327 g/mol. The second-order valence-electron chi connectivity index (χ2n) is 6.31. The Morgan fingerprint density at radius 1 is 1.08 bits per heavy atom. The van der Waals surface area contributed by atoms with Crippen LogP contribution in [0.25, 0.3) is 11.1 Å². The molecule has 0 aromatic carbocycles. The van der Waals surface area contributed by atoms with E-state index < -0.39 is 6.10 Å². The van der Waals surface area contributed by atoms with Crippen LogP contribution in [0.2, 0.25) is 0 Å². The lowest BCUT2D eigenvalue weighted by atomic mass is 10.1. The second-order valence-corrected chi connectivity index (χ2v) is 6.31. The summed E-state index contributed by atoms with van der Waals surface area (Å²) >= 11 is 0. The molecule has 0 radical (unpaired) electrons. The van der Waals surface area contributed by atoms with Gasteiger partial charge in [0.2, 0.25) is 0 Å². The number of nitrogens with zero attached hydrogens (tertiary/aromatic N) is 2. The van der Waals surface area contributed by atoms with Crippen molar-refractivity contribution in [2.75, 3.05) is 11.9 Å². The fourth-order valence-corrected chi connectivity index (χ4v) is 2.06. The molecule has 1 atom stereocenters. The van der Waals surface area contributed by atoms with Gasteiger partial charge in [-0.3, -0.25) is 9.78 Å². The fraction of sp³-hybridized carbons (Fsp3) is 0.421. The third kappa shape index (κ3) is 5.42. The maximum Gasteiger partial charge on any atom is 0.254 e. The first-order chi connectivity index (χ1) is 11.5. The number of anilines is 1. The minimum Gasteiger partial charge on any atom is -0.369 e. The number of nitrogens with one attached hydrogen (secondary N) is 1. The minimum absolute atomic E-state index is 0.184. The first-order valence-electron chi connectivity index (χ1n) is 8.27. The first-order valence-corrected chi connectivity index (χ1v) is 8.27. The third-order valence-corrected chi connectivity index (χ3v) is 3.69. The third-order valence-electron chi connectivity index (χ3n) is 3.69. The van der Waals surface area contributed by atoms with Crippen LogP contribution in [0.15, 0.2) is 36.7 Å². The summed E-state index contributed by atoms with van der Waals surface area (Å²) in [5.41, 5.74) is 2.93. The van der Waals surface area contributed by atoms with E-state index in [-0.39, 0.29) is 5.91 Å². The van der Waals surface area contributed by atoms with Crippen molar-refractivity contribution in [2.45, 2.75) is 40.2 Å². The number of aryl methyl sites for hydroxylation is 1. The maximum absolute atomic E-state index is 12.1. The Bertz CT molecular complexity index is 651. The standard InChI is InChI=1S/C19H25N3O2/c1-13(2)9-10-24-15(4)19(23)22-18-8-7-17(12-21-18)16-6-5-14(3)20-11-16/h5-8,11-13,15H,9-10H2,1-4H3,(H,21,22,23). The molecule has 0 aliphatic rings. The monoisotopic (exact) mass is 327 g/mol. The highest BCUT2D eigenvalue weighted by Crippen LogP contribution is 2.19. The number of pyridine rings is 2. The van der Waals surface area contributed by atoms with Gasteiger partial charge >= 0.3 is 0 Å². The molecule has 2 rings (SSSR count).